The van der Waals surface area contributed by atoms with Crippen molar-refractivity contribution in [3.8, 4) is 11.3 Å². The smallest absolute Gasteiger partial charge is 0.105 e. The lowest BCUT2D eigenvalue weighted by atomic mass is 9.87. The topological polar surface area (TPSA) is 63.8 Å². The maximum atomic E-state index is 10.3. The Morgan fingerprint density at radius 3 is 3.00 bits per heavy atom. The zero-order valence-corrected chi connectivity index (χ0v) is 12.6. The summed E-state index contributed by atoms with van der Waals surface area (Å²) in [6.45, 7) is 0. The molecular weight excluding hydrogens is 288 g/mol. The monoisotopic (exact) mass is 304 g/mol. The van der Waals surface area contributed by atoms with Crippen LogP contribution in [0, 0.1) is 0 Å². The first kappa shape index (κ1) is 13.0. The number of rotatable bonds is 1. The van der Waals surface area contributed by atoms with Gasteiger partial charge in [-0.15, -0.1) is 0 Å². The lowest BCUT2D eigenvalue weighted by molar-refractivity contribution is 0.155. The number of aliphatic hydroxyl groups excluding tert-OH is 1. The van der Waals surface area contributed by atoms with Gasteiger partial charge in [-0.3, -0.25) is 0 Å². The van der Waals surface area contributed by atoms with E-state index in [1.54, 1.807) is 6.20 Å². The number of nitrogens with zero attached hydrogens (tertiary/aromatic N) is 4. The molecule has 3 heterocycles. The van der Waals surface area contributed by atoms with Crippen LogP contribution >= 0.6 is 0 Å². The molecule has 5 heteroatoms. The van der Waals surface area contributed by atoms with Gasteiger partial charge in [0, 0.05) is 11.1 Å². The molecule has 23 heavy (non-hydrogen) atoms. The van der Waals surface area contributed by atoms with Crippen LogP contribution in [0.5, 0.6) is 0 Å². The van der Waals surface area contributed by atoms with Crippen molar-refractivity contribution < 1.29 is 5.11 Å². The fourth-order valence-corrected chi connectivity index (χ4v) is 3.96. The number of fused-ring (bicyclic) bond motifs is 4. The highest BCUT2D eigenvalue weighted by Crippen LogP contribution is 2.44. The van der Waals surface area contributed by atoms with Gasteiger partial charge in [-0.1, -0.05) is 24.3 Å². The fourth-order valence-electron chi connectivity index (χ4n) is 3.96. The second-order valence-electron chi connectivity index (χ2n) is 6.25. The molecule has 0 amide bonds. The highest BCUT2D eigenvalue weighted by Gasteiger charge is 2.34. The van der Waals surface area contributed by atoms with Gasteiger partial charge in [-0.05, 0) is 30.4 Å². The third kappa shape index (κ3) is 1.74. The van der Waals surface area contributed by atoms with Crippen LogP contribution in [0.25, 0.3) is 11.3 Å². The van der Waals surface area contributed by atoms with E-state index in [1.165, 1.54) is 11.1 Å². The molecule has 2 aromatic heterocycles. The van der Waals surface area contributed by atoms with Crippen LogP contribution < -0.4 is 0 Å². The molecule has 1 aliphatic heterocycles. The van der Waals surface area contributed by atoms with E-state index in [1.807, 2.05) is 12.5 Å². The Labute approximate surface area is 133 Å². The Morgan fingerprint density at radius 2 is 2.04 bits per heavy atom. The first-order valence-electron chi connectivity index (χ1n) is 7.98. The number of aromatic nitrogens is 4. The molecule has 0 radical (unpaired) electrons. The largest absolute Gasteiger partial charge is 0.388 e. The van der Waals surface area contributed by atoms with Crippen molar-refractivity contribution in [1.29, 1.82) is 0 Å². The summed E-state index contributed by atoms with van der Waals surface area (Å²) in [4.78, 5) is 4.31. The molecule has 0 bridgehead atoms. The predicted molar refractivity (Wildman–Crippen MR) is 84.8 cm³/mol. The van der Waals surface area contributed by atoms with Crippen LogP contribution in [-0.2, 0) is 6.42 Å². The first-order valence-corrected chi connectivity index (χ1v) is 7.98. The standard InChI is InChI=1S/C18H16N4O/c23-16-7-3-6-12-14(16)8-20-21-17(12)18-13-5-2-1-4-11(13)15-9-19-10-22(15)18/h1-2,4-5,8-10,16,18,23H,3,6-7H2/t16?,18-/m0/s1. The molecule has 0 saturated heterocycles. The van der Waals surface area contributed by atoms with Crippen LogP contribution in [0.1, 0.15) is 47.4 Å². The van der Waals surface area contributed by atoms with Gasteiger partial charge in [-0.2, -0.15) is 10.2 Å². The fraction of sp³-hybridized carbons (Fsp3) is 0.278. The van der Waals surface area contributed by atoms with Gasteiger partial charge in [0.1, 0.15) is 6.04 Å². The number of hydrogen-bond acceptors (Lipinski definition) is 4. The Bertz CT molecular complexity index is 902. The molecule has 1 unspecified atom stereocenters. The van der Waals surface area contributed by atoms with E-state index in [-0.39, 0.29) is 6.04 Å². The number of imidazole rings is 1. The zero-order chi connectivity index (χ0) is 15.4. The van der Waals surface area contributed by atoms with Crippen molar-refractivity contribution in [2.24, 2.45) is 0 Å². The van der Waals surface area contributed by atoms with Gasteiger partial charge >= 0.3 is 0 Å². The van der Waals surface area contributed by atoms with Crippen LogP contribution in [-0.4, -0.2) is 24.9 Å². The maximum absolute atomic E-state index is 10.3. The van der Waals surface area contributed by atoms with Gasteiger partial charge in [0.25, 0.3) is 0 Å². The second kappa shape index (κ2) is 4.73. The van der Waals surface area contributed by atoms with E-state index >= 15 is 0 Å². The molecule has 1 aromatic carbocycles. The molecule has 1 N–H and O–H groups in total. The van der Waals surface area contributed by atoms with Gasteiger partial charge in [0.05, 0.1) is 36.2 Å². The summed E-state index contributed by atoms with van der Waals surface area (Å²) in [7, 11) is 0. The average Bonchev–Trinajstić information content (AvgIpc) is 3.16. The van der Waals surface area contributed by atoms with E-state index in [2.05, 4.69) is 44.0 Å². The van der Waals surface area contributed by atoms with Crippen LogP contribution in [0.2, 0.25) is 0 Å². The average molecular weight is 304 g/mol. The van der Waals surface area contributed by atoms with Crippen molar-refractivity contribution in [3.63, 3.8) is 0 Å². The third-order valence-corrected chi connectivity index (χ3v) is 5.02. The number of aliphatic hydroxyl groups is 1. The van der Waals surface area contributed by atoms with E-state index in [0.717, 1.165) is 41.8 Å². The van der Waals surface area contributed by atoms with Crippen molar-refractivity contribution in [3.05, 3.63) is 65.4 Å². The molecule has 114 valence electrons. The molecular formula is C18H16N4O. The third-order valence-electron chi connectivity index (χ3n) is 5.02. The molecule has 1 aliphatic carbocycles. The highest BCUT2D eigenvalue weighted by molar-refractivity contribution is 5.70. The molecule has 3 aromatic rings. The molecule has 5 nitrogen and oxygen atoms in total. The van der Waals surface area contributed by atoms with Gasteiger partial charge < -0.3 is 9.67 Å². The van der Waals surface area contributed by atoms with Crippen LogP contribution in [0.4, 0.5) is 0 Å². The highest BCUT2D eigenvalue weighted by atomic mass is 16.3. The van der Waals surface area contributed by atoms with Crippen molar-refractivity contribution in [2.45, 2.75) is 31.4 Å². The summed E-state index contributed by atoms with van der Waals surface area (Å²) >= 11 is 0. The van der Waals surface area contributed by atoms with E-state index in [0.29, 0.717) is 0 Å². The molecule has 0 spiro atoms. The molecule has 0 fully saturated rings. The second-order valence-corrected chi connectivity index (χ2v) is 6.25. The Kier molecular flexibility index (Phi) is 2.67. The lowest BCUT2D eigenvalue weighted by Crippen LogP contribution is -2.18. The Hall–Kier alpha value is -2.53. The SMILES string of the molecule is OC1CCCc2c1cnnc2[C@@H]1c2ccccc2-c2cncn21. The van der Waals surface area contributed by atoms with Gasteiger partial charge in [0.2, 0.25) is 0 Å². The summed E-state index contributed by atoms with van der Waals surface area (Å²) in [5.41, 5.74) is 6.58. The quantitative estimate of drug-likeness (QED) is 0.587. The Morgan fingerprint density at radius 1 is 1.13 bits per heavy atom. The summed E-state index contributed by atoms with van der Waals surface area (Å²) in [5.74, 6) is 0. The van der Waals surface area contributed by atoms with Crippen LogP contribution in [0.3, 0.4) is 0 Å². The van der Waals surface area contributed by atoms with Gasteiger partial charge in [0.15, 0.2) is 0 Å². The number of benzene rings is 1. The van der Waals surface area contributed by atoms with E-state index < -0.39 is 6.10 Å². The predicted octanol–water partition coefficient (Wildman–Crippen LogP) is 2.66. The maximum Gasteiger partial charge on any atom is 0.105 e. The van der Waals surface area contributed by atoms with Crippen molar-refractivity contribution >= 4 is 0 Å². The minimum Gasteiger partial charge on any atom is -0.388 e. The van der Waals surface area contributed by atoms with Crippen molar-refractivity contribution in [2.75, 3.05) is 0 Å². The van der Waals surface area contributed by atoms with E-state index in [4.69, 9.17) is 0 Å². The van der Waals surface area contributed by atoms with E-state index in [9.17, 15) is 5.11 Å². The molecule has 2 aliphatic rings. The zero-order valence-electron chi connectivity index (χ0n) is 12.6. The first-order chi connectivity index (χ1) is 11.3. The lowest BCUT2D eigenvalue weighted by Gasteiger charge is -2.25. The summed E-state index contributed by atoms with van der Waals surface area (Å²) in [5, 5.41) is 18.9. The van der Waals surface area contributed by atoms with Gasteiger partial charge in [-0.25, -0.2) is 4.98 Å². The number of hydrogen-bond donors (Lipinski definition) is 1. The van der Waals surface area contributed by atoms with Crippen molar-refractivity contribution in [1.82, 2.24) is 19.7 Å². The minimum atomic E-state index is -0.424. The molecule has 2 atom stereocenters. The van der Waals surface area contributed by atoms with Crippen LogP contribution in [0.15, 0.2) is 43.0 Å². The molecule has 0 saturated carbocycles. The normalized spacial score (nSPS) is 21.6. The Balaban J connectivity index is 1.76. The summed E-state index contributed by atoms with van der Waals surface area (Å²) < 4.78 is 2.16. The molecule has 5 rings (SSSR count). The minimum absolute atomic E-state index is 0.00329. The summed E-state index contributed by atoms with van der Waals surface area (Å²) in [6, 6.07) is 8.38. The summed E-state index contributed by atoms with van der Waals surface area (Å²) in [6.07, 6.45) is 7.79.